The van der Waals surface area contributed by atoms with Crippen molar-refractivity contribution in [1.29, 1.82) is 0 Å². The fourth-order valence-electron chi connectivity index (χ4n) is 2.18. The van der Waals surface area contributed by atoms with E-state index in [1.807, 2.05) is 0 Å². The normalized spacial score (nSPS) is 12.4. The zero-order valence-electron chi connectivity index (χ0n) is 11.9. The van der Waals surface area contributed by atoms with Crippen molar-refractivity contribution in [3.8, 4) is 5.75 Å². The maximum Gasteiger partial charge on any atom is 0.132 e. The van der Waals surface area contributed by atoms with E-state index in [4.69, 9.17) is 4.74 Å². The Labute approximate surface area is 117 Å². The number of halogens is 1. The van der Waals surface area contributed by atoms with Crippen molar-refractivity contribution in [3.05, 3.63) is 41.5 Å². The van der Waals surface area contributed by atoms with Gasteiger partial charge in [0.05, 0.1) is 30.6 Å². The molecule has 0 amide bonds. The van der Waals surface area contributed by atoms with E-state index in [1.54, 1.807) is 30.1 Å². The van der Waals surface area contributed by atoms with Gasteiger partial charge in [-0.05, 0) is 25.1 Å². The van der Waals surface area contributed by atoms with Crippen LogP contribution in [-0.4, -0.2) is 28.6 Å². The highest BCUT2D eigenvalue weighted by Crippen LogP contribution is 2.31. The van der Waals surface area contributed by atoms with Gasteiger partial charge >= 0.3 is 0 Å². The van der Waals surface area contributed by atoms with Gasteiger partial charge in [0.25, 0.3) is 0 Å². The molecule has 1 N–H and O–H groups in total. The predicted molar refractivity (Wildman–Crippen MR) is 74.1 cm³/mol. The quantitative estimate of drug-likeness (QED) is 0.878. The van der Waals surface area contributed by atoms with Gasteiger partial charge in [0, 0.05) is 7.05 Å². The van der Waals surface area contributed by atoms with Gasteiger partial charge in [-0.3, -0.25) is 4.68 Å². The van der Waals surface area contributed by atoms with Gasteiger partial charge in [0.1, 0.15) is 11.6 Å². The Balaban J connectivity index is 2.49. The molecule has 0 bridgehead atoms. The molecule has 0 radical (unpaired) electrons. The highest BCUT2D eigenvalue weighted by Gasteiger charge is 2.24. The summed E-state index contributed by atoms with van der Waals surface area (Å²) in [6.07, 6.45) is 2.58. The van der Waals surface area contributed by atoms with Crippen LogP contribution in [0.2, 0.25) is 0 Å². The van der Waals surface area contributed by atoms with Gasteiger partial charge in [-0.15, -0.1) is 5.10 Å². The Morgan fingerprint density at radius 2 is 2.25 bits per heavy atom. The largest absolute Gasteiger partial charge is 0.496 e. The first-order chi connectivity index (χ1) is 9.69. The summed E-state index contributed by atoms with van der Waals surface area (Å²) in [4.78, 5) is 0. The number of hydrogen-bond acceptors (Lipinski definition) is 4. The Morgan fingerprint density at radius 3 is 2.85 bits per heavy atom. The molecule has 2 aromatic rings. The van der Waals surface area contributed by atoms with E-state index >= 15 is 0 Å². The van der Waals surface area contributed by atoms with Crippen molar-refractivity contribution in [1.82, 2.24) is 20.3 Å². The number of methoxy groups -OCH3 is 1. The molecule has 6 heteroatoms. The highest BCUT2D eigenvalue weighted by atomic mass is 19.1. The Kier molecular flexibility index (Phi) is 4.68. The van der Waals surface area contributed by atoms with E-state index in [0.29, 0.717) is 11.3 Å². The van der Waals surface area contributed by atoms with Crippen LogP contribution in [0.15, 0.2) is 24.4 Å². The number of benzene rings is 1. The summed E-state index contributed by atoms with van der Waals surface area (Å²) >= 11 is 0. The van der Waals surface area contributed by atoms with E-state index < -0.39 is 0 Å². The third-order valence-corrected chi connectivity index (χ3v) is 3.17. The van der Waals surface area contributed by atoms with Crippen molar-refractivity contribution in [2.75, 3.05) is 13.7 Å². The van der Waals surface area contributed by atoms with Crippen LogP contribution in [0.25, 0.3) is 0 Å². The number of nitrogens with one attached hydrogen (secondary N) is 1. The van der Waals surface area contributed by atoms with Crippen LogP contribution >= 0.6 is 0 Å². The average Bonchev–Trinajstić information content (AvgIpc) is 2.87. The van der Waals surface area contributed by atoms with Gasteiger partial charge in [-0.25, -0.2) is 4.39 Å². The molecular formula is C14H19FN4O. The lowest BCUT2D eigenvalue weighted by Crippen LogP contribution is -2.26. The second kappa shape index (κ2) is 6.47. The highest BCUT2D eigenvalue weighted by molar-refractivity contribution is 5.40. The maximum absolute atomic E-state index is 14.3. The number of hydrogen-bond donors (Lipinski definition) is 1. The summed E-state index contributed by atoms with van der Waals surface area (Å²) in [5.41, 5.74) is 1.27. The molecule has 0 spiro atoms. The first-order valence-corrected chi connectivity index (χ1v) is 6.59. The number of aromatic nitrogens is 3. The van der Waals surface area contributed by atoms with Gasteiger partial charge < -0.3 is 10.1 Å². The van der Waals surface area contributed by atoms with Gasteiger partial charge in [-0.1, -0.05) is 18.2 Å². The summed E-state index contributed by atoms with van der Waals surface area (Å²) in [5.74, 6) is 0.207. The number of ether oxygens (including phenoxy) is 1. The molecule has 20 heavy (non-hydrogen) atoms. The minimum Gasteiger partial charge on any atom is -0.496 e. The molecule has 1 aromatic heterocycles. The Bertz CT molecular complexity index is 570. The van der Waals surface area contributed by atoms with Crippen LogP contribution in [0.3, 0.4) is 0 Å². The summed E-state index contributed by atoms with van der Waals surface area (Å²) in [7, 11) is 3.33. The first kappa shape index (κ1) is 14.5. The van der Waals surface area contributed by atoms with E-state index in [0.717, 1.165) is 18.7 Å². The summed E-state index contributed by atoms with van der Waals surface area (Å²) in [6, 6.07) is 4.48. The topological polar surface area (TPSA) is 52.0 Å². The van der Waals surface area contributed by atoms with Gasteiger partial charge in [0.15, 0.2) is 0 Å². The fourth-order valence-corrected chi connectivity index (χ4v) is 2.18. The zero-order chi connectivity index (χ0) is 14.5. The van der Waals surface area contributed by atoms with Crippen molar-refractivity contribution >= 4 is 0 Å². The molecule has 108 valence electrons. The predicted octanol–water partition coefficient (Wildman–Crippen LogP) is 2.05. The molecule has 0 saturated heterocycles. The van der Waals surface area contributed by atoms with Crippen LogP contribution in [0.1, 0.15) is 30.6 Å². The third-order valence-electron chi connectivity index (χ3n) is 3.17. The van der Waals surface area contributed by atoms with E-state index in [2.05, 4.69) is 22.6 Å². The number of rotatable bonds is 6. The second-order valence-electron chi connectivity index (χ2n) is 4.53. The lowest BCUT2D eigenvalue weighted by Gasteiger charge is -2.21. The third kappa shape index (κ3) is 2.80. The van der Waals surface area contributed by atoms with Crippen molar-refractivity contribution in [2.45, 2.75) is 19.4 Å². The van der Waals surface area contributed by atoms with Crippen molar-refractivity contribution < 1.29 is 9.13 Å². The second-order valence-corrected chi connectivity index (χ2v) is 4.53. The lowest BCUT2D eigenvalue weighted by molar-refractivity contribution is 0.394. The standard InChI is InChI=1S/C14H19FN4O/c1-4-8-16-14(11-9-17-18-19(11)2)13-10(15)6-5-7-12(13)20-3/h5-7,9,14,16H,4,8H2,1-3H3. The molecule has 1 atom stereocenters. The van der Waals surface area contributed by atoms with Crippen molar-refractivity contribution in [2.24, 2.45) is 7.05 Å². The number of nitrogens with zero attached hydrogens (tertiary/aromatic N) is 3. The smallest absolute Gasteiger partial charge is 0.132 e. The molecule has 0 aliphatic rings. The monoisotopic (exact) mass is 278 g/mol. The molecule has 5 nitrogen and oxygen atoms in total. The minimum atomic E-state index is -0.342. The molecule has 1 heterocycles. The van der Waals surface area contributed by atoms with Crippen LogP contribution in [0, 0.1) is 5.82 Å². The summed E-state index contributed by atoms with van der Waals surface area (Å²) in [6.45, 7) is 2.82. The molecule has 1 aromatic carbocycles. The summed E-state index contributed by atoms with van der Waals surface area (Å²) in [5, 5.41) is 11.1. The van der Waals surface area contributed by atoms with E-state index in [-0.39, 0.29) is 11.9 Å². The molecule has 1 unspecified atom stereocenters. The zero-order valence-corrected chi connectivity index (χ0v) is 11.9. The SMILES string of the molecule is CCCNC(c1c(F)cccc1OC)c1cnnn1C. The summed E-state index contributed by atoms with van der Waals surface area (Å²) < 4.78 is 21.2. The van der Waals surface area contributed by atoms with Crippen molar-refractivity contribution in [3.63, 3.8) is 0 Å². The molecule has 2 rings (SSSR count). The fraction of sp³-hybridized carbons (Fsp3) is 0.429. The Morgan fingerprint density at radius 1 is 1.45 bits per heavy atom. The maximum atomic E-state index is 14.3. The van der Waals surface area contributed by atoms with Crippen LogP contribution in [-0.2, 0) is 7.05 Å². The lowest BCUT2D eigenvalue weighted by atomic mass is 10.0. The molecule has 0 aliphatic carbocycles. The van der Waals surface area contributed by atoms with Crippen LogP contribution in [0.4, 0.5) is 4.39 Å². The van der Waals surface area contributed by atoms with E-state index in [1.165, 1.54) is 13.2 Å². The van der Waals surface area contributed by atoms with Crippen LogP contribution in [0.5, 0.6) is 5.75 Å². The van der Waals surface area contributed by atoms with Gasteiger partial charge in [0.2, 0.25) is 0 Å². The Hall–Kier alpha value is -1.95. The van der Waals surface area contributed by atoms with E-state index in [9.17, 15) is 4.39 Å². The van der Waals surface area contributed by atoms with Gasteiger partial charge in [-0.2, -0.15) is 0 Å². The van der Waals surface area contributed by atoms with Crippen LogP contribution < -0.4 is 10.1 Å². The first-order valence-electron chi connectivity index (χ1n) is 6.59. The molecule has 0 aliphatic heterocycles. The minimum absolute atomic E-state index is 0.306. The molecular weight excluding hydrogens is 259 g/mol. The average molecular weight is 278 g/mol. The molecule has 0 fully saturated rings. The number of aryl methyl sites for hydroxylation is 1. The molecule has 0 saturated carbocycles.